The average molecular weight is 566 g/mol. The molecule has 12 nitrogen and oxygen atoms in total. The van der Waals surface area contributed by atoms with Crippen LogP contribution in [0.5, 0.6) is 11.5 Å². The van der Waals surface area contributed by atoms with Crippen LogP contribution >= 0.6 is 0 Å². The lowest BCUT2D eigenvalue weighted by atomic mass is 10.0. The number of phenols is 2. The zero-order chi connectivity index (χ0) is 29.5. The first-order chi connectivity index (χ1) is 19.7. The van der Waals surface area contributed by atoms with Crippen molar-refractivity contribution >= 4 is 35.2 Å². The first-order valence-corrected chi connectivity index (χ1v) is 13.8. The van der Waals surface area contributed by atoms with E-state index in [0.717, 1.165) is 37.0 Å². The van der Waals surface area contributed by atoms with Gasteiger partial charge in [-0.25, -0.2) is 0 Å². The SMILES string of the molecule is N[C@@H](Cc1ccc(O)c(O)c1)C(=O)NCCCCCCCNc1cccc2c1C(=O)N(C1CCC(=O)NC1=O)C2=O. The van der Waals surface area contributed by atoms with E-state index in [2.05, 4.69) is 16.0 Å². The molecule has 0 saturated carbocycles. The molecular weight excluding hydrogens is 530 g/mol. The fraction of sp³-hybridized carbons (Fsp3) is 0.414. The molecule has 0 radical (unpaired) electrons. The highest BCUT2D eigenvalue weighted by Gasteiger charge is 2.45. The normalized spacial score (nSPS) is 17.3. The molecule has 0 aliphatic carbocycles. The van der Waals surface area contributed by atoms with Gasteiger partial charge in [-0.1, -0.05) is 31.4 Å². The number of carbonyl (C=O) groups is 5. The number of piperidine rings is 1. The molecule has 1 saturated heterocycles. The predicted molar refractivity (Wildman–Crippen MR) is 149 cm³/mol. The van der Waals surface area contributed by atoms with Gasteiger partial charge >= 0.3 is 0 Å². The molecular formula is C29H35N5O7. The van der Waals surface area contributed by atoms with Crippen molar-refractivity contribution in [2.75, 3.05) is 18.4 Å². The second kappa shape index (κ2) is 13.3. The van der Waals surface area contributed by atoms with Gasteiger partial charge in [-0.05, 0) is 55.5 Å². The van der Waals surface area contributed by atoms with Gasteiger partial charge < -0.3 is 26.6 Å². The summed E-state index contributed by atoms with van der Waals surface area (Å²) in [4.78, 5) is 63.0. The van der Waals surface area contributed by atoms with E-state index in [9.17, 15) is 34.2 Å². The molecule has 2 aromatic carbocycles. The Balaban J connectivity index is 1.14. The second-order valence-corrected chi connectivity index (χ2v) is 10.3. The Labute approximate surface area is 237 Å². The number of nitrogens with zero attached hydrogens (tertiary/aromatic N) is 1. The summed E-state index contributed by atoms with van der Waals surface area (Å²) in [6.45, 7) is 1.09. The van der Waals surface area contributed by atoms with Crippen molar-refractivity contribution in [2.24, 2.45) is 5.73 Å². The van der Waals surface area contributed by atoms with Crippen molar-refractivity contribution in [1.29, 1.82) is 0 Å². The fourth-order valence-corrected chi connectivity index (χ4v) is 5.05. The lowest BCUT2D eigenvalue weighted by Gasteiger charge is -2.27. The zero-order valence-electron chi connectivity index (χ0n) is 22.7. The Hall–Kier alpha value is -4.45. The maximum atomic E-state index is 13.1. The van der Waals surface area contributed by atoms with Gasteiger partial charge in [-0.2, -0.15) is 0 Å². The van der Waals surface area contributed by atoms with Gasteiger partial charge in [0.1, 0.15) is 6.04 Å². The highest BCUT2D eigenvalue weighted by atomic mass is 16.3. The number of amides is 5. The van der Waals surface area contributed by atoms with Crippen LogP contribution in [0.15, 0.2) is 36.4 Å². The Morgan fingerprint density at radius 3 is 2.44 bits per heavy atom. The van der Waals surface area contributed by atoms with Crippen molar-refractivity contribution in [3.05, 3.63) is 53.1 Å². The molecule has 1 fully saturated rings. The molecule has 12 heteroatoms. The molecule has 2 atom stereocenters. The van der Waals surface area contributed by atoms with E-state index < -0.39 is 35.7 Å². The van der Waals surface area contributed by atoms with Gasteiger partial charge in [-0.15, -0.1) is 0 Å². The number of nitrogens with two attached hydrogens (primary N) is 1. The van der Waals surface area contributed by atoms with Crippen LogP contribution in [0.4, 0.5) is 5.69 Å². The minimum Gasteiger partial charge on any atom is -0.504 e. The smallest absolute Gasteiger partial charge is 0.264 e. The summed E-state index contributed by atoms with van der Waals surface area (Å²) in [5, 5.41) is 27.2. The van der Waals surface area contributed by atoms with E-state index >= 15 is 0 Å². The van der Waals surface area contributed by atoms with Crippen LogP contribution in [0, 0.1) is 0 Å². The first-order valence-electron chi connectivity index (χ1n) is 13.8. The van der Waals surface area contributed by atoms with Gasteiger partial charge in [-0.3, -0.25) is 34.2 Å². The molecule has 0 bridgehead atoms. The largest absolute Gasteiger partial charge is 0.504 e. The highest BCUT2D eigenvalue weighted by Crippen LogP contribution is 2.32. The van der Waals surface area contributed by atoms with Crippen molar-refractivity contribution in [2.45, 2.75) is 63.5 Å². The standard InChI is InChI=1S/C29H35N5O7/c30-19(15-17-9-11-22(35)23(36)16-17)26(38)32-14-5-3-1-2-4-13-31-20-8-6-7-18-25(20)29(41)34(28(18)40)21-10-12-24(37)33-27(21)39/h6-9,11,16,19,21,31,35-36H,1-5,10,12-15,30H2,(H,32,38)(H,33,37,39)/t19-,21?/m0/s1. The number of hydrogen-bond donors (Lipinski definition) is 6. The summed E-state index contributed by atoms with van der Waals surface area (Å²) >= 11 is 0. The van der Waals surface area contributed by atoms with Crippen molar-refractivity contribution in [1.82, 2.24) is 15.5 Å². The lowest BCUT2D eigenvalue weighted by molar-refractivity contribution is -0.136. The third kappa shape index (κ3) is 7.01. The van der Waals surface area contributed by atoms with Gasteiger partial charge in [0.2, 0.25) is 17.7 Å². The summed E-state index contributed by atoms with van der Waals surface area (Å²) in [6, 6.07) is 7.58. The molecule has 41 heavy (non-hydrogen) atoms. The third-order valence-corrected chi connectivity index (χ3v) is 7.27. The van der Waals surface area contributed by atoms with E-state index in [0.29, 0.717) is 24.3 Å². The summed E-state index contributed by atoms with van der Waals surface area (Å²) in [5.41, 5.74) is 7.64. The highest BCUT2D eigenvalue weighted by molar-refractivity contribution is 6.25. The second-order valence-electron chi connectivity index (χ2n) is 10.3. The predicted octanol–water partition coefficient (Wildman–Crippen LogP) is 1.55. The van der Waals surface area contributed by atoms with Crippen LogP contribution in [0.1, 0.15) is 71.2 Å². The average Bonchev–Trinajstić information content (AvgIpc) is 3.19. The molecule has 2 aliphatic heterocycles. The number of phenolic OH excluding ortho intramolecular Hbond substituents is 2. The van der Waals surface area contributed by atoms with Crippen LogP contribution < -0.4 is 21.7 Å². The Morgan fingerprint density at radius 1 is 0.976 bits per heavy atom. The molecule has 4 rings (SSSR count). The van der Waals surface area contributed by atoms with Gasteiger partial charge in [0.15, 0.2) is 11.5 Å². The quantitative estimate of drug-likeness (QED) is 0.119. The molecule has 0 aromatic heterocycles. The maximum Gasteiger partial charge on any atom is 0.264 e. The molecule has 2 heterocycles. The molecule has 2 aliphatic rings. The summed E-state index contributed by atoms with van der Waals surface area (Å²) in [6.07, 6.45) is 4.84. The summed E-state index contributed by atoms with van der Waals surface area (Å²) in [7, 11) is 0. The van der Waals surface area contributed by atoms with Gasteiger partial charge in [0.25, 0.3) is 11.8 Å². The van der Waals surface area contributed by atoms with Gasteiger partial charge in [0.05, 0.1) is 17.2 Å². The number of carbonyl (C=O) groups excluding carboxylic acids is 5. The van der Waals surface area contributed by atoms with Crippen molar-refractivity contribution in [3.8, 4) is 11.5 Å². The monoisotopic (exact) mass is 565 g/mol. The van der Waals surface area contributed by atoms with Crippen LogP contribution in [-0.4, -0.2) is 69.8 Å². The fourth-order valence-electron chi connectivity index (χ4n) is 5.05. The number of unbranched alkanes of at least 4 members (excludes halogenated alkanes) is 4. The first kappa shape index (κ1) is 29.5. The molecule has 218 valence electrons. The number of benzene rings is 2. The molecule has 2 aromatic rings. The van der Waals surface area contributed by atoms with Crippen LogP contribution in [0.25, 0.3) is 0 Å². The Bertz CT molecular complexity index is 1340. The van der Waals surface area contributed by atoms with E-state index in [1.54, 1.807) is 24.3 Å². The minimum absolute atomic E-state index is 0.0714. The minimum atomic E-state index is -0.998. The van der Waals surface area contributed by atoms with Gasteiger partial charge in [0, 0.05) is 25.2 Å². The molecule has 7 N–H and O–H groups in total. The maximum absolute atomic E-state index is 13.1. The number of anilines is 1. The number of nitrogens with one attached hydrogen (secondary N) is 3. The number of aromatic hydroxyl groups is 2. The van der Waals surface area contributed by atoms with E-state index in [1.807, 2.05) is 0 Å². The lowest BCUT2D eigenvalue weighted by Crippen LogP contribution is -2.54. The molecule has 1 unspecified atom stereocenters. The number of rotatable bonds is 13. The third-order valence-electron chi connectivity index (χ3n) is 7.27. The Morgan fingerprint density at radius 2 is 1.71 bits per heavy atom. The topological polar surface area (TPSA) is 191 Å². The van der Waals surface area contributed by atoms with E-state index in [1.165, 1.54) is 12.1 Å². The molecule has 0 spiro atoms. The Kier molecular flexibility index (Phi) is 9.56. The van der Waals surface area contributed by atoms with Crippen LogP contribution in [0.3, 0.4) is 0 Å². The van der Waals surface area contributed by atoms with E-state index in [-0.39, 0.29) is 47.8 Å². The number of imide groups is 2. The van der Waals surface area contributed by atoms with Crippen molar-refractivity contribution < 1.29 is 34.2 Å². The van der Waals surface area contributed by atoms with Crippen LogP contribution in [-0.2, 0) is 20.8 Å². The summed E-state index contributed by atoms with van der Waals surface area (Å²) < 4.78 is 0. The van der Waals surface area contributed by atoms with E-state index in [4.69, 9.17) is 5.73 Å². The number of hydrogen-bond acceptors (Lipinski definition) is 9. The number of fused-ring (bicyclic) bond motifs is 1. The van der Waals surface area contributed by atoms with Crippen molar-refractivity contribution in [3.63, 3.8) is 0 Å². The summed E-state index contributed by atoms with van der Waals surface area (Å²) in [5.74, 6) is -2.87. The molecule has 5 amide bonds. The van der Waals surface area contributed by atoms with Crippen LogP contribution in [0.2, 0.25) is 0 Å². The zero-order valence-corrected chi connectivity index (χ0v) is 22.7.